The van der Waals surface area contributed by atoms with Crippen molar-refractivity contribution < 1.29 is 0 Å². The summed E-state index contributed by atoms with van der Waals surface area (Å²) in [6.45, 7) is 15.7. The van der Waals surface area contributed by atoms with E-state index in [9.17, 15) is 0 Å². The summed E-state index contributed by atoms with van der Waals surface area (Å²) in [7, 11) is 0. The van der Waals surface area contributed by atoms with E-state index in [0.717, 1.165) is 0 Å². The summed E-state index contributed by atoms with van der Waals surface area (Å²) >= 11 is 0. The maximum atomic E-state index is 2.42. The fourth-order valence-corrected chi connectivity index (χ4v) is 3.34. The Kier molecular flexibility index (Phi) is 6.06. The van der Waals surface area contributed by atoms with Crippen LogP contribution in [-0.2, 0) is 5.41 Å². The van der Waals surface area contributed by atoms with Gasteiger partial charge < -0.3 is 0 Å². The van der Waals surface area contributed by atoms with E-state index in [4.69, 9.17) is 0 Å². The van der Waals surface area contributed by atoms with Gasteiger partial charge >= 0.3 is 0 Å². The number of allylic oxidation sites excluding steroid dienone is 4. The Morgan fingerprint density at radius 3 is 2.08 bits per heavy atom. The molecule has 0 radical (unpaired) electrons. The van der Waals surface area contributed by atoms with E-state index in [0.29, 0.717) is 5.92 Å². The summed E-state index contributed by atoms with van der Waals surface area (Å²) in [4.78, 5) is 0. The molecule has 0 aliphatic heterocycles. The molecular formula is C25H32. The molecule has 0 atom stereocenters. The fourth-order valence-electron chi connectivity index (χ4n) is 3.34. The third-order valence-corrected chi connectivity index (χ3v) is 4.67. The highest BCUT2D eigenvalue weighted by Crippen LogP contribution is 2.39. The van der Waals surface area contributed by atoms with E-state index in [1.807, 2.05) is 0 Å². The lowest BCUT2D eigenvalue weighted by Gasteiger charge is -2.27. The van der Waals surface area contributed by atoms with Crippen molar-refractivity contribution in [2.45, 2.75) is 59.8 Å². The summed E-state index contributed by atoms with van der Waals surface area (Å²) in [6, 6.07) is 15.6. The number of rotatable bonds is 4. The molecule has 2 rings (SSSR count). The quantitative estimate of drug-likeness (QED) is 0.502. The van der Waals surface area contributed by atoms with E-state index >= 15 is 0 Å². The van der Waals surface area contributed by atoms with Crippen LogP contribution in [0.5, 0.6) is 0 Å². The van der Waals surface area contributed by atoms with Gasteiger partial charge in [0, 0.05) is 0 Å². The van der Waals surface area contributed by atoms with Crippen molar-refractivity contribution in [2.24, 2.45) is 0 Å². The van der Waals surface area contributed by atoms with Gasteiger partial charge in [-0.1, -0.05) is 83.2 Å². The lowest BCUT2D eigenvalue weighted by molar-refractivity contribution is 0.588. The predicted octanol–water partition coefficient (Wildman–Crippen LogP) is 7.75. The molecule has 0 heterocycles. The second-order valence-corrected chi connectivity index (χ2v) is 8.00. The second kappa shape index (κ2) is 7.87. The van der Waals surface area contributed by atoms with Crippen LogP contribution in [0, 0.1) is 0 Å². The zero-order chi connectivity index (χ0) is 18.6. The maximum absolute atomic E-state index is 2.42. The molecule has 25 heavy (non-hydrogen) atoms. The van der Waals surface area contributed by atoms with Gasteiger partial charge in [-0.3, -0.25) is 0 Å². The van der Waals surface area contributed by atoms with Crippen LogP contribution in [0.25, 0.3) is 16.7 Å². The van der Waals surface area contributed by atoms with Crippen LogP contribution < -0.4 is 0 Å². The summed E-state index contributed by atoms with van der Waals surface area (Å²) in [5.74, 6) is 0.478. The van der Waals surface area contributed by atoms with Gasteiger partial charge in [0.15, 0.2) is 0 Å². The SMILES string of the molecule is C/C=C\C(=C/C)c1cc(C(C)C)c(-c2ccccc2)cc1C(C)(C)C. The standard InChI is InChI=1S/C25H32/c1-8-13-19(9-2)23-16-21(18(3)4)22(17-24(23)25(5,6)7)20-14-11-10-12-15-20/h8-18H,1-7H3/b13-8-,19-9+. The Bertz CT molecular complexity index is 766. The predicted molar refractivity (Wildman–Crippen MR) is 113 cm³/mol. The van der Waals surface area contributed by atoms with Crippen molar-refractivity contribution in [3.8, 4) is 11.1 Å². The molecule has 0 saturated carbocycles. The molecule has 0 fully saturated rings. The van der Waals surface area contributed by atoms with Gasteiger partial charge in [-0.15, -0.1) is 0 Å². The molecule has 132 valence electrons. The van der Waals surface area contributed by atoms with Gasteiger partial charge in [0.05, 0.1) is 0 Å². The van der Waals surface area contributed by atoms with E-state index in [1.54, 1.807) is 0 Å². The van der Waals surface area contributed by atoms with Crippen LogP contribution in [0.15, 0.2) is 60.7 Å². The monoisotopic (exact) mass is 332 g/mol. The second-order valence-electron chi connectivity index (χ2n) is 8.00. The molecule has 0 nitrogen and oxygen atoms in total. The Balaban J connectivity index is 2.84. The first-order valence-corrected chi connectivity index (χ1v) is 9.32. The van der Waals surface area contributed by atoms with Crippen molar-refractivity contribution in [3.05, 3.63) is 77.4 Å². The molecule has 0 aliphatic carbocycles. The van der Waals surface area contributed by atoms with Gasteiger partial charge in [-0.25, -0.2) is 0 Å². The topological polar surface area (TPSA) is 0 Å². The fraction of sp³-hybridized carbons (Fsp3) is 0.360. The molecule has 0 saturated heterocycles. The Hall–Kier alpha value is -2.08. The molecule has 0 N–H and O–H groups in total. The summed E-state index contributed by atoms with van der Waals surface area (Å²) in [6.07, 6.45) is 6.57. The minimum Gasteiger partial charge on any atom is -0.0871 e. The highest BCUT2D eigenvalue weighted by atomic mass is 14.3. The third-order valence-electron chi connectivity index (χ3n) is 4.67. The van der Waals surface area contributed by atoms with Crippen molar-refractivity contribution >= 4 is 5.57 Å². The lowest BCUT2D eigenvalue weighted by Crippen LogP contribution is -2.15. The number of hydrogen-bond acceptors (Lipinski definition) is 0. The van der Waals surface area contributed by atoms with Crippen molar-refractivity contribution in [1.29, 1.82) is 0 Å². The van der Waals surface area contributed by atoms with Gasteiger partial charge in [0.1, 0.15) is 0 Å². The minimum absolute atomic E-state index is 0.0875. The minimum atomic E-state index is 0.0875. The van der Waals surface area contributed by atoms with Gasteiger partial charge in [-0.05, 0) is 70.7 Å². The van der Waals surface area contributed by atoms with E-state index in [1.165, 1.54) is 33.4 Å². The molecule has 0 aliphatic rings. The Morgan fingerprint density at radius 2 is 1.60 bits per heavy atom. The summed E-state index contributed by atoms with van der Waals surface area (Å²) < 4.78 is 0. The van der Waals surface area contributed by atoms with Crippen LogP contribution in [0.1, 0.15) is 71.1 Å². The molecule has 0 amide bonds. The number of hydrogen-bond donors (Lipinski definition) is 0. The molecule has 0 aromatic heterocycles. The van der Waals surface area contributed by atoms with Crippen LogP contribution in [0.4, 0.5) is 0 Å². The first-order chi connectivity index (χ1) is 11.8. The van der Waals surface area contributed by atoms with Gasteiger partial charge in [0.2, 0.25) is 0 Å². The molecule has 0 bridgehead atoms. The van der Waals surface area contributed by atoms with Crippen LogP contribution >= 0.6 is 0 Å². The lowest BCUT2D eigenvalue weighted by atomic mass is 9.77. The van der Waals surface area contributed by atoms with E-state index in [2.05, 4.69) is 109 Å². The highest BCUT2D eigenvalue weighted by molar-refractivity contribution is 5.81. The first kappa shape index (κ1) is 19.2. The largest absolute Gasteiger partial charge is 0.0871 e. The zero-order valence-corrected chi connectivity index (χ0v) is 16.9. The smallest absolute Gasteiger partial charge is 0.0125 e. The average molecular weight is 333 g/mol. The Morgan fingerprint density at radius 1 is 0.960 bits per heavy atom. The normalized spacial score (nSPS) is 13.0. The highest BCUT2D eigenvalue weighted by Gasteiger charge is 2.22. The molecular weight excluding hydrogens is 300 g/mol. The van der Waals surface area contributed by atoms with Gasteiger partial charge in [-0.2, -0.15) is 0 Å². The van der Waals surface area contributed by atoms with Gasteiger partial charge in [0.25, 0.3) is 0 Å². The van der Waals surface area contributed by atoms with Crippen molar-refractivity contribution in [3.63, 3.8) is 0 Å². The first-order valence-electron chi connectivity index (χ1n) is 9.32. The third kappa shape index (κ3) is 4.31. The van der Waals surface area contributed by atoms with Crippen LogP contribution in [0.3, 0.4) is 0 Å². The molecule has 0 heteroatoms. The van der Waals surface area contributed by atoms with E-state index in [-0.39, 0.29) is 5.41 Å². The van der Waals surface area contributed by atoms with Crippen LogP contribution in [0.2, 0.25) is 0 Å². The molecule has 0 spiro atoms. The average Bonchev–Trinajstić information content (AvgIpc) is 2.58. The van der Waals surface area contributed by atoms with E-state index < -0.39 is 0 Å². The molecule has 2 aromatic carbocycles. The Labute approximate surface area is 154 Å². The van der Waals surface area contributed by atoms with Crippen molar-refractivity contribution in [2.75, 3.05) is 0 Å². The molecule has 0 unspecified atom stereocenters. The van der Waals surface area contributed by atoms with Crippen molar-refractivity contribution in [1.82, 2.24) is 0 Å². The summed E-state index contributed by atoms with van der Waals surface area (Å²) in [5, 5.41) is 0. The molecule has 2 aromatic rings. The zero-order valence-electron chi connectivity index (χ0n) is 16.9. The number of benzene rings is 2. The summed E-state index contributed by atoms with van der Waals surface area (Å²) in [5.41, 5.74) is 8.23. The maximum Gasteiger partial charge on any atom is -0.0125 e. The van der Waals surface area contributed by atoms with Crippen LogP contribution in [-0.4, -0.2) is 0 Å².